The van der Waals surface area contributed by atoms with Gasteiger partial charge in [0, 0.05) is 25.6 Å². The van der Waals surface area contributed by atoms with Crippen molar-refractivity contribution in [3.8, 4) is 0 Å². The van der Waals surface area contributed by atoms with Gasteiger partial charge in [-0.25, -0.2) is 9.67 Å². The molecule has 1 unspecified atom stereocenters. The van der Waals surface area contributed by atoms with Crippen LogP contribution in [0.5, 0.6) is 0 Å². The van der Waals surface area contributed by atoms with Crippen molar-refractivity contribution in [1.82, 2.24) is 25.4 Å². The Morgan fingerprint density at radius 1 is 1.48 bits per heavy atom. The Kier molecular flexibility index (Phi) is 3.87. The molecule has 1 aliphatic carbocycles. The lowest BCUT2D eigenvalue weighted by molar-refractivity contribution is 0.392. The van der Waals surface area contributed by atoms with E-state index in [1.165, 1.54) is 12.8 Å². The van der Waals surface area contributed by atoms with Crippen molar-refractivity contribution in [3.05, 3.63) is 11.6 Å². The Hall–Kier alpha value is -1.59. The molecule has 21 heavy (non-hydrogen) atoms. The molecule has 2 heterocycles. The molecule has 0 spiro atoms. The van der Waals surface area contributed by atoms with Crippen molar-refractivity contribution in [2.24, 2.45) is 10.4 Å². The number of aromatic nitrogens is 3. The number of hydrogen-bond acceptors (Lipinski definition) is 3. The predicted molar refractivity (Wildman–Crippen MR) is 83.3 cm³/mol. The van der Waals surface area contributed by atoms with E-state index >= 15 is 0 Å². The number of nitrogens with one attached hydrogen (secondary N) is 2. The molecule has 1 aromatic rings. The number of guanidine groups is 1. The first-order valence-electron chi connectivity index (χ1n) is 8.03. The van der Waals surface area contributed by atoms with Gasteiger partial charge >= 0.3 is 0 Å². The smallest absolute Gasteiger partial charge is 0.191 e. The number of hydrogen-bond donors (Lipinski definition) is 2. The SMILES string of the molecule is CCNC(=NCC1(C)CC1)NC1CCc2nc(C)nn2C1. The maximum atomic E-state index is 4.75. The van der Waals surface area contributed by atoms with Crippen molar-refractivity contribution in [1.29, 1.82) is 0 Å². The fraction of sp³-hybridized carbons (Fsp3) is 0.800. The molecule has 3 rings (SSSR count). The fourth-order valence-electron chi connectivity index (χ4n) is 2.71. The van der Waals surface area contributed by atoms with Gasteiger partial charge in [-0.1, -0.05) is 6.92 Å². The van der Waals surface area contributed by atoms with E-state index in [1.807, 2.05) is 11.6 Å². The van der Waals surface area contributed by atoms with Gasteiger partial charge in [-0.05, 0) is 38.5 Å². The highest BCUT2D eigenvalue weighted by molar-refractivity contribution is 5.80. The van der Waals surface area contributed by atoms with E-state index in [-0.39, 0.29) is 0 Å². The molecule has 0 bridgehead atoms. The van der Waals surface area contributed by atoms with Crippen LogP contribution < -0.4 is 10.6 Å². The first-order chi connectivity index (χ1) is 10.1. The van der Waals surface area contributed by atoms with Crippen molar-refractivity contribution in [2.75, 3.05) is 13.1 Å². The van der Waals surface area contributed by atoms with E-state index in [2.05, 4.69) is 34.6 Å². The molecular formula is C15H26N6. The number of nitrogens with zero attached hydrogens (tertiary/aromatic N) is 4. The minimum absolute atomic E-state index is 0.378. The maximum absolute atomic E-state index is 4.75. The Labute approximate surface area is 126 Å². The summed E-state index contributed by atoms with van der Waals surface area (Å²) in [6.07, 6.45) is 4.68. The van der Waals surface area contributed by atoms with Gasteiger partial charge in [0.15, 0.2) is 5.96 Å². The molecule has 1 aliphatic heterocycles. The third-order valence-electron chi connectivity index (χ3n) is 4.37. The number of fused-ring (bicyclic) bond motifs is 1. The Bertz CT molecular complexity index is 528. The fourth-order valence-corrected chi connectivity index (χ4v) is 2.71. The van der Waals surface area contributed by atoms with Gasteiger partial charge in [0.2, 0.25) is 0 Å². The summed E-state index contributed by atoms with van der Waals surface area (Å²) in [4.78, 5) is 9.21. The van der Waals surface area contributed by atoms with Crippen LogP contribution in [0.4, 0.5) is 0 Å². The summed E-state index contributed by atoms with van der Waals surface area (Å²) >= 11 is 0. The normalized spacial score (nSPS) is 23.6. The van der Waals surface area contributed by atoms with Gasteiger partial charge in [0.1, 0.15) is 11.6 Å². The highest BCUT2D eigenvalue weighted by Gasteiger charge is 2.37. The Morgan fingerprint density at radius 3 is 3.00 bits per heavy atom. The summed E-state index contributed by atoms with van der Waals surface area (Å²) in [5, 5.41) is 11.4. The van der Waals surface area contributed by atoms with Crippen LogP contribution >= 0.6 is 0 Å². The number of aliphatic imine (C=N–C) groups is 1. The van der Waals surface area contributed by atoms with Gasteiger partial charge in [-0.2, -0.15) is 5.10 Å². The van der Waals surface area contributed by atoms with Gasteiger partial charge in [-0.3, -0.25) is 4.99 Å². The quantitative estimate of drug-likeness (QED) is 0.647. The molecule has 6 nitrogen and oxygen atoms in total. The van der Waals surface area contributed by atoms with Crippen LogP contribution in [0.2, 0.25) is 0 Å². The summed E-state index contributed by atoms with van der Waals surface area (Å²) in [5.41, 5.74) is 0.450. The van der Waals surface area contributed by atoms with Crippen LogP contribution in [0.25, 0.3) is 0 Å². The molecule has 0 saturated heterocycles. The molecule has 1 atom stereocenters. The van der Waals surface area contributed by atoms with Crippen LogP contribution in [-0.2, 0) is 13.0 Å². The number of rotatable bonds is 4. The lowest BCUT2D eigenvalue weighted by atomic mass is 10.1. The minimum Gasteiger partial charge on any atom is -0.357 e. The molecule has 0 radical (unpaired) electrons. The van der Waals surface area contributed by atoms with E-state index in [0.717, 1.165) is 50.1 Å². The van der Waals surface area contributed by atoms with E-state index < -0.39 is 0 Å². The molecule has 1 fully saturated rings. The molecule has 1 aromatic heterocycles. The maximum Gasteiger partial charge on any atom is 0.191 e. The average Bonchev–Trinajstić information content (AvgIpc) is 3.06. The Balaban J connectivity index is 1.60. The largest absolute Gasteiger partial charge is 0.357 e. The summed E-state index contributed by atoms with van der Waals surface area (Å²) in [5.74, 6) is 2.92. The molecule has 0 aromatic carbocycles. The molecule has 2 aliphatic rings. The molecule has 116 valence electrons. The topological polar surface area (TPSA) is 67.1 Å². The summed E-state index contributed by atoms with van der Waals surface area (Å²) in [7, 11) is 0. The van der Waals surface area contributed by atoms with Crippen LogP contribution in [-0.4, -0.2) is 39.9 Å². The van der Waals surface area contributed by atoms with Gasteiger partial charge in [0.05, 0.1) is 6.54 Å². The second kappa shape index (κ2) is 5.66. The predicted octanol–water partition coefficient (Wildman–Crippen LogP) is 1.26. The van der Waals surface area contributed by atoms with Crippen molar-refractivity contribution >= 4 is 5.96 Å². The van der Waals surface area contributed by atoms with Crippen LogP contribution in [0.15, 0.2) is 4.99 Å². The van der Waals surface area contributed by atoms with E-state index in [1.54, 1.807) is 0 Å². The Morgan fingerprint density at radius 2 is 2.29 bits per heavy atom. The highest BCUT2D eigenvalue weighted by Crippen LogP contribution is 2.44. The summed E-state index contributed by atoms with van der Waals surface area (Å²) in [6, 6.07) is 0.378. The van der Waals surface area contributed by atoms with E-state index in [0.29, 0.717) is 11.5 Å². The lowest BCUT2D eigenvalue weighted by Gasteiger charge is -2.25. The number of aryl methyl sites for hydroxylation is 2. The van der Waals surface area contributed by atoms with E-state index in [4.69, 9.17) is 4.99 Å². The van der Waals surface area contributed by atoms with Gasteiger partial charge < -0.3 is 10.6 Å². The molecule has 0 amide bonds. The van der Waals surface area contributed by atoms with Crippen molar-refractivity contribution < 1.29 is 0 Å². The second-order valence-electron chi connectivity index (χ2n) is 6.64. The average molecular weight is 290 g/mol. The standard InChI is InChI=1S/C15H26N6/c1-4-16-14(17-10-15(3)7-8-15)19-12-5-6-13-18-11(2)20-21(13)9-12/h12H,4-10H2,1-3H3,(H2,16,17,19). The molecule has 6 heteroatoms. The zero-order chi connectivity index (χ0) is 14.9. The van der Waals surface area contributed by atoms with Crippen molar-refractivity contribution in [3.63, 3.8) is 0 Å². The lowest BCUT2D eigenvalue weighted by Crippen LogP contribution is -2.47. The highest BCUT2D eigenvalue weighted by atomic mass is 15.4. The zero-order valence-corrected chi connectivity index (χ0v) is 13.3. The van der Waals surface area contributed by atoms with E-state index in [9.17, 15) is 0 Å². The molecular weight excluding hydrogens is 264 g/mol. The first-order valence-corrected chi connectivity index (χ1v) is 8.03. The monoisotopic (exact) mass is 290 g/mol. The van der Waals surface area contributed by atoms with Crippen LogP contribution in [0.1, 0.15) is 44.8 Å². The molecule has 2 N–H and O–H groups in total. The minimum atomic E-state index is 0.378. The third kappa shape index (κ3) is 3.54. The van der Waals surface area contributed by atoms with Crippen LogP contribution in [0, 0.1) is 12.3 Å². The van der Waals surface area contributed by atoms with Gasteiger partial charge in [0.25, 0.3) is 0 Å². The third-order valence-corrected chi connectivity index (χ3v) is 4.37. The van der Waals surface area contributed by atoms with Crippen LogP contribution in [0.3, 0.4) is 0 Å². The first kappa shape index (κ1) is 14.4. The van der Waals surface area contributed by atoms with Gasteiger partial charge in [-0.15, -0.1) is 0 Å². The zero-order valence-electron chi connectivity index (χ0n) is 13.3. The molecule has 1 saturated carbocycles. The summed E-state index contributed by atoms with van der Waals surface area (Å²) < 4.78 is 2.03. The second-order valence-corrected chi connectivity index (χ2v) is 6.64. The van der Waals surface area contributed by atoms with Crippen molar-refractivity contribution in [2.45, 2.75) is 59.0 Å². The summed E-state index contributed by atoms with van der Waals surface area (Å²) in [6.45, 7) is 9.06.